The van der Waals surface area contributed by atoms with Crippen LogP contribution in [-0.4, -0.2) is 67.4 Å². The average molecular weight is 615 g/mol. The Morgan fingerprint density at radius 1 is 0.933 bits per heavy atom. The summed E-state index contributed by atoms with van der Waals surface area (Å²) in [4.78, 5) is 56.0. The van der Waals surface area contributed by atoms with E-state index in [2.05, 4.69) is 16.0 Å². The Kier molecular flexibility index (Phi) is 12.5. The Morgan fingerprint density at radius 3 is 2.38 bits per heavy atom. The standard InChI is InChI=1S/C35H42N4O6/c1-3-4-18-39-19-20-45-31-13-9-8-12-28(31)33(41)38-29(34(42)36-23-26-14-16-27(17-15-26)24-44-2)22-32(40)37-30(35(39)43)21-25-10-6-5-7-11-25/h5-17,29-30H,3-4,18-24H2,1-2H3,(H,36,42)(H,37,40)(H,38,41)/t29-,30-/m0/s1. The molecule has 0 unspecified atom stereocenters. The van der Waals surface area contributed by atoms with Gasteiger partial charge >= 0.3 is 0 Å². The second-order valence-corrected chi connectivity index (χ2v) is 11.0. The first-order valence-electron chi connectivity index (χ1n) is 15.4. The highest BCUT2D eigenvalue weighted by molar-refractivity contribution is 6.01. The van der Waals surface area contributed by atoms with E-state index in [-0.39, 0.29) is 44.0 Å². The van der Waals surface area contributed by atoms with Gasteiger partial charge in [0, 0.05) is 26.6 Å². The van der Waals surface area contributed by atoms with Crippen LogP contribution in [0.2, 0.25) is 0 Å². The van der Waals surface area contributed by atoms with Crippen molar-refractivity contribution in [1.82, 2.24) is 20.9 Å². The Labute approximate surface area is 264 Å². The molecule has 0 fully saturated rings. The van der Waals surface area contributed by atoms with E-state index < -0.39 is 29.8 Å². The molecule has 0 spiro atoms. The largest absolute Gasteiger partial charge is 0.491 e. The van der Waals surface area contributed by atoms with Crippen molar-refractivity contribution in [3.63, 3.8) is 0 Å². The maximum Gasteiger partial charge on any atom is 0.255 e. The quantitative estimate of drug-likeness (QED) is 0.322. The lowest BCUT2D eigenvalue weighted by atomic mass is 10.0. The molecule has 0 aromatic heterocycles. The van der Waals surface area contributed by atoms with Crippen molar-refractivity contribution in [2.24, 2.45) is 0 Å². The van der Waals surface area contributed by atoms with Crippen molar-refractivity contribution in [2.75, 3.05) is 26.8 Å². The minimum Gasteiger partial charge on any atom is -0.491 e. The van der Waals surface area contributed by atoms with Crippen LogP contribution in [0.3, 0.4) is 0 Å². The highest BCUT2D eigenvalue weighted by Crippen LogP contribution is 2.19. The Morgan fingerprint density at radius 2 is 1.64 bits per heavy atom. The van der Waals surface area contributed by atoms with Crippen molar-refractivity contribution < 1.29 is 28.7 Å². The fourth-order valence-electron chi connectivity index (χ4n) is 5.11. The SMILES string of the molecule is CCCCN1CCOc2ccccc2C(=O)N[C@H](C(=O)NCc2ccc(COC)cc2)CC(=O)N[C@@H](Cc2ccccc2)C1=O. The number of rotatable bonds is 10. The number of ether oxygens (including phenoxy) is 2. The Hall–Kier alpha value is -4.70. The van der Waals surface area contributed by atoms with Gasteiger partial charge in [0.1, 0.15) is 24.4 Å². The van der Waals surface area contributed by atoms with E-state index in [0.717, 1.165) is 29.5 Å². The first kappa shape index (κ1) is 33.2. The molecule has 45 heavy (non-hydrogen) atoms. The van der Waals surface area contributed by atoms with Crippen molar-refractivity contribution in [3.05, 3.63) is 101 Å². The molecule has 0 aliphatic carbocycles. The van der Waals surface area contributed by atoms with E-state index in [1.54, 1.807) is 36.3 Å². The van der Waals surface area contributed by atoms with Crippen molar-refractivity contribution in [1.29, 1.82) is 0 Å². The van der Waals surface area contributed by atoms with Crippen LogP contribution < -0.4 is 20.7 Å². The van der Waals surface area contributed by atoms with E-state index in [1.807, 2.05) is 61.5 Å². The van der Waals surface area contributed by atoms with Gasteiger partial charge in [-0.2, -0.15) is 0 Å². The van der Waals surface area contributed by atoms with Gasteiger partial charge in [0.15, 0.2) is 0 Å². The third-order valence-corrected chi connectivity index (χ3v) is 7.57. The molecule has 2 atom stereocenters. The van der Waals surface area contributed by atoms with Crippen LogP contribution in [0.1, 0.15) is 53.2 Å². The molecule has 0 saturated heterocycles. The molecule has 1 aliphatic heterocycles. The van der Waals surface area contributed by atoms with E-state index in [4.69, 9.17) is 9.47 Å². The summed E-state index contributed by atoms with van der Waals surface area (Å²) < 4.78 is 11.2. The van der Waals surface area contributed by atoms with Gasteiger partial charge in [-0.1, -0.05) is 80.1 Å². The van der Waals surface area contributed by atoms with Crippen molar-refractivity contribution in [2.45, 2.75) is 57.8 Å². The molecular formula is C35H42N4O6. The maximum atomic E-state index is 13.9. The summed E-state index contributed by atoms with van der Waals surface area (Å²) >= 11 is 0. The summed E-state index contributed by atoms with van der Waals surface area (Å²) in [6.45, 7) is 3.66. The third-order valence-electron chi connectivity index (χ3n) is 7.57. The van der Waals surface area contributed by atoms with Gasteiger partial charge in [0.2, 0.25) is 17.7 Å². The number of benzene rings is 3. The fourth-order valence-corrected chi connectivity index (χ4v) is 5.11. The minimum absolute atomic E-state index is 0.152. The molecule has 10 heteroatoms. The second kappa shape index (κ2) is 17.0. The van der Waals surface area contributed by atoms with Crippen LogP contribution >= 0.6 is 0 Å². The van der Waals surface area contributed by atoms with Gasteiger partial charge in [0.05, 0.1) is 25.1 Å². The lowest BCUT2D eigenvalue weighted by Gasteiger charge is -2.29. The number of fused-ring (bicyclic) bond motifs is 1. The lowest BCUT2D eigenvalue weighted by molar-refractivity contribution is -0.137. The molecule has 3 N–H and O–H groups in total. The molecule has 3 aromatic rings. The smallest absolute Gasteiger partial charge is 0.255 e. The van der Waals surface area contributed by atoms with E-state index >= 15 is 0 Å². The van der Waals surface area contributed by atoms with Crippen LogP contribution in [0, 0.1) is 0 Å². The molecule has 1 aliphatic rings. The second-order valence-electron chi connectivity index (χ2n) is 11.0. The number of hydrogen-bond acceptors (Lipinski definition) is 6. The number of carbonyl (C=O) groups is 4. The number of hydrogen-bond donors (Lipinski definition) is 3. The normalized spacial score (nSPS) is 17.7. The third kappa shape index (κ3) is 9.90. The Bertz CT molecular complexity index is 1430. The van der Waals surface area contributed by atoms with Crippen LogP contribution in [0.25, 0.3) is 0 Å². The summed E-state index contributed by atoms with van der Waals surface area (Å²) in [5.74, 6) is -1.49. The number of unbranched alkanes of at least 4 members (excludes halogenated alkanes) is 1. The molecule has 10 nitrogen and oxygen atoms in total. The van der Waals surface area contributed by atoms with Gasteiger partial charge in [-0.3, -0.25) is 19.2 Å². The highest BCUT2D eigenvalue weighted by atomic mass is 16.5. The van der Waals surface area contributed by atoms with Crippen molar-refractivity contribution >= 4 is 23.6 Å². The van der Waals surface area contributed by atoms with Gasteiger partial charge in [0.25, 0.3) is 5.91 Å². The maximum absolute atomic E-state index is 13.9. The topological polar surface area (TPSA) is 126 Å². The fraction of sp³-hybridized carbons (Fsp3) is 0.371. The number of nitrogens with one attached hydrogen (secondary N) is 3. The predicted octanol–water partition coefficient (Wildman–Crippen LogP) is 3.39. The summed E-state index contributed by atoms with van der Waals surface area (Å²) in [5, 5.41) is 8.44. The summed E-state index contributed by atoms with van der Waals surface area (Å²) in [7, 11) is 1.62. The molecule has 3 aromatic carbocycles. The van der Waals surface area contributed by atoms with Gasteiger partial charge in [-0.05, 0) is 35.2 Å². The van der Waals surface area contributed by atoms with Gasteiger partial charge in [-0.25, -0.2) is 0 Å². The molecule has 4 rings (SSSR count). The van der Waals surface area contributed by atoms with E-state index in [1.165, 1.54) is 0 Å². The van der Waals surface area contributed by atoms with Gasteiger partial charge < -0.3 is 30.3 Å². The van der Waals surface area contributed by atoms with Crippen LogP contribution in [0.5, 0.6) is 5.75 Å². The van der Waals surface area contributed by atoms with Gasteiger partial charge in [-0.15, -0.1) is 0 Å². The lowest BCUT2D eigenvalue weighted by Crippen LogP contribution is -2.54. The predicted molar refractivity (Wildman–Crippen MR) is 170 cm³/mol. The number of para-hydroxylation sites is 1. The Balaban J connectivity index is 1.60. The summed E-state index contributed by atoms with van der Waals surface area (Å²) in [5.41, 5.74) is 2.96. The molecule has 0 bridgehead atoms. The first-order chi connectivity index (χ1) is 21.9. The average Bonchev–Trinajstić information content (AvgIpc) is 3.05. The molecule has 238 valence electrons. The van der Waals surface area contributed by atoms with Crippen molar-refractivity contribution in [3.8, 4) is 5.75 Å². The van der Waals surface area contributed by atoms with Crippen LogP contribution in [0.4, 0.5) is 0 Å². The zero-order valence-corrected chi connectivity index (χ0v) is 25.9. The summed E-state index contributed by atoms with van der Waals surface area (Å²) in [6.07, 6.45) is 1.59. The zero-order chi connectivity index (χ0) is 32.0. The molecule has 1 heterocycles. The first-order valence-corrected chi connectivity index (χ1v) is 15.4. The summed E-state index contributed by atoms with van der Waals surface area (Å²) in [6, 6.07) is 21.7. The number of amides is 4. The molecule has 0 radical (unpaired) electrons. The number of carbonyl (C=O) groups excluding carboxylic acids is 4. The highest BCUT2D eigenvalue weighted by Gasteiger charge is 2.30. The van der Waals surface area contributed by atoms with Crippen LogP contribution in [-0.2, 0) is 38.7 Å². The molecule has 4 amide bonds. The minimum atomic E-state index is -1.20. The molecular weight excluding hydrogens is 572 g/mol. The monoisotopic (exact) mass is 614 g/mol. The van der Waals surface area contributed by atoms with E-state index in [9.17, 15) is 19.2 Å². The number of nitrogens with zero attached hydrogens (tertiary/aromatic N) is 1. The zero-order valence-electron chi connectivity index (χ0n) is 25.9. The van der Waals surface area contributed by atoms with E-state index in [0.29, 0.717) is 18.9 Å². The number of methoxy groups -OCH3 is 1. The van der Waals surface area contributed by atoms with Crippen LogP contribution in [0.15, 0.2) is 78.9 Å². The molecule has 0 saturated carbocycles.